The number of nitrogens with one attached hydrogen (secondary N) is 1. The summed E-state index contributed by atoms with van der Waals surface area (Å²) >= 11 is 0. The van der Waals surface area contributed by atoms with Crippen LogP contribution in [-0.4, -0.2) is 12.5 Å². The summed E-state index contributed by atoms with van der Waals surface area (Å²) in [4.78, 5) is 12.1. The first-order chi connectivity index (χ1) is 12.2. The van der Waals surface area contributed by atoms with E-state index in [1.54, 1.807) is 0 Å². The molecule has 0 aliphatic rings. The van der Waals surface area contributed by atoms with Crippen LogP contribution in [0.3, 0.4) is 0 Å². The quantitative estimate of drug-likeness (QED) is 0.685. The minimum atomic E-state index is -0.0546. The van der Waals surface area contributed by atoms with E-state index in [1.165, 1.54) is 0 Å². The number of hydrogen-bond acceptors (Lipinski definition) is 2. The standard InChI is InChI=1S/C22H21NO2/c1-17-7-5-6-10-21(17)25-16-15-22(24)23-20-13-11-19(12-14-20)18-8-3-2-4-9-18/h2-14H,15-16H2,1H3,(H,23,24). The number of carbonyl (C=O) groups excluding carboxylic acids is 1. The predicted octanol–water partition coefficient (Wildman–Crippen LogP) is 5.07. The number of para-hydroxylation sites is 1. The van der Waals surface area contributed by atoms with Crippen LogP contribution in [0.15, 0.2) is 78.9 Å². The Bertz CT molecular complexity index is 826. The maximum Gasteiger partial charge on any atom is 0.227 e. The van der Waals surface area contributed by atoms with Crippen LogP contribution in [0.5, 0.6) is 5.75 Å². The van der Waals surface area contributed by atoms with Gasteiger partial charge in [0.15, 0.2) is 0 Å². The van der Waals surface area contributed by atoms with Gasteiger partial charge >= 0.3 is 0 Å². The molecule has 0 heterocycles. The van der Waals surface area contributed by atoms with Crippen LogP contribution in [-0.2, 0) is 4.79 Å². The Morgan fingerprint density at radius 1 is 0.840 bits per heavy atom. The molecule has 1 N–H and O–H groups in total. The predicted molar refractivity (Wildman–Crippen MR) is 102 cm³/mol. The Morgan fingerprint density at radius 3 is 2.20 bits per heavy atom. The first-order valence-corrected chi connectivity index (χ1v) is 8.36. The Hall–Kier alpha value is -3.07. The number of carbonyl (C=O) groups is 1. The zero-order chi connectivity index (χ0) is 17.5. The highest BCUT2D eigenvalue weighted by Gasteiger charge is 2.05. The van der Waals surface area contributed by atoms with Crippen molar-refractivity contribution in [2.75, 3.05) is 11.9 Å². The highest BCUT2D eigenvalue weighted by Crippen LogP contribution is 2.21. The van der Waals surface area contributed by atoms with E-state index in [-0.39, 0.29) is 5.91 Å². The summed E-state index contributed by atoms with van der Waals surface area (Å²) < 4.78 is 5.66. The van der Waals surface area contributed by atoms with Gasteiger partial charge in [0.05, 0.1) is 13.0 Å². The molecule has 0 aliphatic carbocycles. The van der Waals surface area contributed by atoms with E-state index >= 15 is 0 Å². The fraction of sp³-hybridized carbons (Fsp3) is 0.136. The molecule has 3 aromatic carbocycles. The largest absolute Gasteiger partial charge is 0.493 e. The molecular weight excluding hydrogens is 310 g/mol. The van der Waals surface area contributed by atoms with Gasteiger partial charge in [-0.3, -0.25) is 4.79 Å². The van der Waals surface area contributed by atoms with E-state index in [0.717, 1.165) is 28.1 Å². The van der Waals surface area contributed by atoms with Crippen molar-refractivity contribution >= 4 is 11.6 Å². The number of ether oxygens (including phenoxy) is 1. The van der Waals surface area contributed by atoms with E-state index in [0.29, 0.717) is 13.0 Å². The van der Waals surface area contributed by atoms with Gasteiger partial charge in [0.2, 0.25) is 5.91 Å². The maximum absolute atomic E-state index is 12.1. The summed E-state index contributed by atoms with van der Waals surface area (Å²) in [6.07, 6.45) is 0.314. The van der Waals surface area contributed by atoms with E-state index in [4.69, 9.17) is 4.74 Å². The third-order valence-corrected chi connectivity index (χ3v) is 3.96. The number of aryl methyl sites for hydroxylation is 1. The molecule has 3 aromatic rings. The van der Waals surface area contributed by atoms with Crippen LogP contribution in [0.2, 0.25) is 0 Å². The third kappa shape index (κ3) is 4.70. The highest BCUT2D eigenvalue weighted by molar-refractivity contribution is 5.91. The van der Waals surface area contributed by atoms with Crippen LogP contribution in [0.25, 0.3) is 11.1 Å². The summed E-state index contributed by atoms with van der Waals surface area (Å²) in [6, 6.07) is 25.8. The number of anilines is 1. The zero-order valence-corrected chi connectivity index (χ0v) is 14.2. The van der Waals surface area contributed by atoms with Gasteiger partial charge in [0.25, 0.3) is 0 Å². The van der Waals surface area contributed by atoms with Crippen molar-refractivity contribution in [3.8, 4) is 16.9 Å². The van der Waals surface area contributed by atoms with Gasteiger partial charge < -0.3 is 10.1 Å². The average Bonchev–Trinajstić information content (AvgIpc) is 2.65. The Balaban J connectivity index is 1.50. The summed E-state index contributed by atoms with van der Waals surface area (Å²) in [5, 5.41) is 2.90. The SMILES string of the molecule is Cc1ccccc1OCCC(=O)Nc1ccc(-c2ccccc2)cc1. The van der Waals surface area contributed by atoms with Crippen LogP contribution in [0, 0.1) is 6.92 Å². The van der Waals surface area contributed by atoms with Crippen LogP contribution in [0.1, 0.15) is 12.0 Å². The van der Waals surface area contributed by atoms with E-state index in [1.807, 2.05) is 73.7 Å². The molecule has 0 aromatic heterocycles. The molecular formula is C22H21NO2. The molecule has 25 heavy (non-hydrogen) atoms. The second-order valence-electron chi connectivity index (χ2n) is 5.86. The van der Waals surface area contributed by atoms with Crippen molar-refractivity contribution in [1.29, 1.82) is 0 Å². The smallest absolute Gasteiger partial charge is 0.227 e. The van der Waals surface area contributed by atoms with Gasteiger partial charge in [0.1, 0.15) is 5.75 Å². The van der Waals surface area contributed by atoms with E-state index in [2.05, 4.69) is 17.4 Å². The maximum atomic E-state index is 12.1. The molecule has 3 nitrogen and oxygen atoms in total. The molecule has 0 fully saturated rings. The van der Waals surface area contributed by atoms with Gasteiger partial charge in [-0.15, -0.1) is 0 Å². The molecule has 0 spiro atoms. The fourth-order valence-electron chi connectivity index (χ4n) is 2.57. The molecule has 126 valence electrons. The fourth-order valence-corrected chi connectivity index (χ4v) is 2.57. The van der Waals surface area contributed by atoms with Crippen LogP contribution >= 0.6 is 0 Å². The van der Waals surface area contributed by atoms with Crippen molar-refractivity contribution in [1.82, 2.24) is 0 Å². The summed E-state index contributed by atoms with van der Waals surface area (Å²) in [5.41, 5.74) is 4.15. The van der Waals surface area contributed by atoms with E-state index in [9.17, 15) is 4.79 Å². The highest BCUT2D eigenvalue weighted by atomic mass is 16.5. The average molecular weight is 331 g/mol. The number of hydrogen-bond donors (Lipinski definition) is 1. The molecule has 0 bridgehead atoms. The number of amides is 1. The Morgan fingerprint density at radius 2 is 1.48 bits per heavy atom. The minimum absolute atomic E-state index is 0.0546. The van der Waals surface area contributed by atoms with Crippen LogP contribution in [0.4, 0.5) is 5.69 Å². The Labute approximate surface area is 148 Å². The monoisotopic (exact) mass is 331 g/mol. The first-order valence-electron chi connectivity index (χ1n) is 8.36. The third-order valence-electron chi connectivity index (χ3n) is 3.96. The molecule has 0 atom stereocenters. The van der Waals surface area contributed by atoms with Gasteiger partial charge in [-0.05, 0) is 41.8 Å². The summed E-state index contributed by atoms with van der Waals surface area (Å²) in [6.45, 7) is 2.35. The molecule has 1 amide bonds. The molecule has 0 saturated heterocycles. The lowest BCUT2D eigenvalue weighted by Crippen LogP contribution is -2.15. The lowest BCUT2D eigenvalue weighted by molar-refractivity contribution is -0.116. The second-order valence-corrected chi connectivity index (χ2v) is 5.86. The lowest BCUT2D eigenvalue weighted by atomic mass is 10.1. The van der Waals surface area contributed by atoms with Crippen molar-refractivity contribution in [3.05, 3.63) is 84.4 Å². The second kappa shape index (κ2) is 8.15. The van der Waals surface area contributed by atoms with Gasteiger partial charge in [-0.1, -0.05) is 60.7 Å². The lowest BCUT2D eigenvalue weighted by Gasteiger charge is -2.09. The molecule has 0 aliphatic heterocycles. The van der Waals surface area contributed by atoms with Gasteiger partial charge in [-0.2, -0.15) is 0 Å². The van der Waals surface area contributed by atoms with Gasteiger partial charge in [0, 0.05) is 5.69 Å². The molecule has 0 radical (unpaired) electrons. The summed E-state index contributed by atoms with van der Waals surface area (Å²) in [5.74, 6) is 0.767. The normalized spacial score (nSPS) is 10.3. The van der Waals surface area contributed by atoms with E-state index < -0.39 is 0 Å². The zero-order valence-electron chi connectivity index (χ0n) is 14.2. The first kappa shape index (κ1) is 16.8. The van der Waals surface area contributed by atoms with Crippen molar-refractivity contribution in [2.24, 2.45) is 0 Å². The minimum Gasteiger partial charge on any atom is -0.493 e. The molecule has 0 saturated carbocycles. The molecule has 3 rings (SSSR count). The van der Waals surface area contributed by atoms with Crippen molar-refractivity contribution in [2.45, 2.75) is 13.3 Å². The van der Waals surface area contributed by atoms with Crippen molar-refractivity contribution in [3.63, 3.8) is 0 Å². The number of benzene rings is 3. The van der Waals surface area contributed by atoms with Crippen molar-refractivity contribution < 1.29 is 9.53 Å². The topological polar surface area (TPSA) is 38.3 Å². The van der Waals surface area contributed by atoms with Gasteiger partial charge in [-0.25, -0.2) is 0 Å². The summed E-state index contributed by atoms with van der Waals surface area (Å²) in [7, 11) is 0. The van der Waals surface area contributed by atoms with Crippen LogP contribution < -0.4 is 10.1 Å². The number of rotatable bonds is 6. The molecule has 3 heteroatoms. The molecule has 0 unspecified atom stereocenters. The Kier molecular flexibility index (Phi) is 5.47.